The molecule has 0 aromatic heterocycles. The van der Waals surface area contributed by atoms with E-state index in [9.17, 15) is 4.39 Å². The van der Waals surface area contributed by atoms with Gasteiger partial charge in [-0.25, -0.2) is 4.39 Å². The van der Waals surface area contributed by atoms with Gasteiger partial charge in [0, 0.05) is 25.4 Å². The fraction of sp³-hybridized carbons (Fsp3) is 0.600. The minimum absolute atomic E-state index is 0.172. The molecule has 1 heterocycles. The Morgan fingerprint density at radius 2 is 1.95 bits per heavy atom. The molecule has 3 rings (SSSR count). The number of hydrogen-bond donors (Lipinski definition) is 1. The summed E-state index contributed by atoms with van der Waals surface area (Å²) in [7, 11) is 0. The van der Waals surface area contributed by atoms with E-state index in [0.717, 1.165) is 51.0 Å². The third-order valence-electron chi connectivity index (χ3n) is 4.04. The van der Waals surface area contributed by atoms with Gasteiger partial charge in [0.2, 0.25) is 0 Å². The van der Waals surface area contributed by atoms with Crippen molar-refractivity contribution in [2.24, 2.45) is 0 Å². The number of hydrogen-bond acceptors (Lipinski definition) is 3. The minimum Gasteiger partial charge on any atom is -0.348 e. The Morgan fingerprint density at radius 1 is 1.21 bits per heavy atom. The van der Waals surface area contributed by atoms with Crippen LogP contribution in [0.25, 0.3) is 0 Å². The Morgan fingerprint density at radius 3 is 2.63 bits per heavy atom. The summed E-state index contributed by atoms with van der Waals surface area (Å²) < 4.78 is 24.5. The summed E-state index contributed by atoms with van der Waals surface area (Å²) in [5.41, 5.74) is 0.994. The SMILES string of the molecule is Fc1cccc(CNC2CCC3(CC2)OCCO3)c1. The van der Waals surface area contributed by atoms with Gasteiger partial charge in [-0.2, -0.15) is 0 Å². The maximum atomic E-state index is 13.1. The lowest BCUT2D eigenvalue weighted by Crippen LogP contribution is -2.41. The van der Waals surface area contributed by atoms with Gasteiger partial charge in [-0.3, -0.25) is 0 Å². The van der Waals surface area contributed by atoms with Gasteiger partial charge in [0.25, 0.3) is 0 Å². The molecular weight excluding hydrogens is 245 g/mol. The lowest BCUT2D eigenvalue weighted by molar-refractivity contribution is -0.179. The molecule has 1 spiro atoms. The van der Waals surface area contributed by atoms with E-state index in [4.69, 9.17) is 9.47 Å². The van der Waals surface area contributed by atoms with E-state index in [0.29, 0.717) is 6.04 Å². The molecule has 1 aliphatic carbocycles. The molecule has 1 saturated carbocycles. The second-order valence-corrected chi connectivity index (χ2v) is 5.39. The maximum absolute atomic E-state index is 13.1. The van der Waals surface area contributed by atoms with E-state index in [-0.39, 0.29) is 11.6 Å². The first-order valence-electron chi connectivity index (χ1n) is 7.02. The zero-order valence-electron chi connectivity index (χ0n) is 11.0. The highest BCUT2D eigenvalue weighted by Crippen LogP contribution is 2.35. The van der Waals surface area contributed by atoms with Crippen molar-refractivity contribution in [3.05, 3.63) is 35.6 Å². The molecule has 1 aromatic rings. The topological polar surface area (TPSA) is 30.5 Å². The quantitative estimate of drug-likeness (QED) is 0.911. The van der Waals surface area contributed by atoms with Crippen LogP contribution in [0.3, 0.4) is 0 Å². The molecule has 0 bridgehead atoms. The van der Waals surface area contributed by atoms with Crippen molar-refractivity contribution >= 4 is 0 Å². The van der Waals surface area contributed by atoms with E-state index in [1.807, 2.05) is 6.07 Å². The number of benzene rings is 1. The Kier molecular flexibility index (Phi) is 3.82. The van der Waals surface area contributed by atoms with Crippen LogP contribution in [-0.2, 0) is 16.0 Å². The van der Waals surface area contributed by atoms with Crippen LogP contribution >= 0.6 is 0 Å². The van der Waals surface area contributed by atoms with Gasteiger partial charge in [0.15, 0.2) is 5.79 Å². The fourth-order valence-electron chi connectivity index (χ4n) is 2.96. The van der Waals surface area contributed by atoms with Crippen molar-refractivity contribution in [1.29, 1.82) is 0 Å². The Bertz CT molecular complexity index is 422. The first-order valence-corrected chi connectivity index (χ1v) is 7.02. The molecular formula is C15H20FNO2. The largest absolute Gasteiger partial charge is 0.348 e. The molecule has 1 saturated heterocycles. The lowest BCUT2D eigenvalue weighted by atomic mass is 9.90. The first-order chi connectivity index (χ1) is 9.26. The highest BCUT2D eigenvalue weighted by Gasteiger charge is 2.40. The number of rotatable bonds is 3. The van der Waals surface area contributed by atoms with Gasteiger partial charge in [0.1, 0.15) is 5.82 Å². The lowest BCUT2D eigenvalue weighted by Gasteiger charge is -2.35. The van der Waals surface area contributed by atoms with Crippen LogP contribution in [0.5, 0.6) is 0 Å². The van der Waals surface area contributed by atoms with E-state index in [1.165, 1.54) is 6.07 Å². The van der Waals surface area contributed by atoms with Gasteiger partial charge in [-0.05, 0) is 30.5 Å². The molecule has 0 unspecified atom stereocenters. The zero-order valence-corrected chi connectivity index (χ0v) is 11.0. The monoisotopic (exact) mass is 265 g/mol. The van der Waals surface area contributed by atoms with E-state index in [2.05, 4.69) is 5.32 Å². The summed E-state index contributed by atoms with van der Waals surface area (Å²) in [6, 6.07) is 7.23. The van der Waals surface area contributed by atoms with Crippen molar-refractivity contribution in [1.82, 2.24) is 5.32 Å². The molecule has 104 valence electrons. The summed E-state index contributed by atoms with van der Waals surface area (Å²) in [4.78, 5) is 0. The van der Waals surface area contributed by atoms with Gasteiger partial charge < -0.3 is 14.8 Å². The van der Waals surface area contributed by atoms with Crippen molar-refractivity contribution in [3.8, 4) is 0 Å². The molecule has 2 fully saturated rings. The van der Waals surface area contributed by atoms with Gasteiger partial charge in [-0.1, -0.05) is 12.1 Å². The fourth-order valence-corrected chi connectivity index (χ4v) is 2.96. The van der Waals surface area contributed by atoms with Crippen molar-refractivity contribution in [2.45, 2.75) is 44.1 Å². The van der Waals surface area contributed by atoms with Crippen LogP contribution in [0, 0.1) is 5.82 Å². The van der Waals surface area contributed by atoms with E-state index < -0.39 is 0 Å². The Labute approximate surface area is 113 Å². The predicted octanol–water partition coefficient (Wildman–Crippen LogP) is 2.60. The number of halogens is 1. The first kappa shape index (κ1) is 13.0. The summed E-state index contributed by atoms with van der Waals surface area (Å²) in [5.74, 6) is -0.466. The average Bonchev–Trinajstić information content (AvgIpc) is 2.87. The molecule has 1 aliphatic heterocycles. The maximum Gasteiger partial charge on any atom is 0.168 e. The second kappa shape index (κ2) is 5.57. The molecule has 1 aromatic carbocycles. The number of ether oxygens (including phenoxy) is 2. The molecule has 4 heteroatoms. The van der Waals surface area contributed by atoms with Crippen molar-refractivity contribution in [2.75, 3.05) is 13.2 Å². The predicted molar refractivity (Wildman–Crippen MR) is 70.1 cm³/mol. The normalized spacial score (nSPS) is 23.0. The van der Waals surface area contributed by atoms with Crippen LogP contribution in [0.1, 0.15) is 31.2 Å². The van der Waals surface area contributed by atoms with Gasteiger partial charge in [-0.15, -0.1) is 0 Å². The molecule has 0 atom stereocenters. The Hall–Kier alpha value is -0.970. The summed E-state index contributed by atoms with van der Waals surface area (Å²) in [6.45, 7) is 2.17. The molecule has 3 nitrogen and oxygen atoms in total. The summed E-state index contributed by atoms with van der Waals surface area (Å²) in [5, 5.41) is 3.49. The van der Waals surface area contributed by atoms with Gasteiger partial charge >= 0.3 is 0 Å². The molecule has 2 aliphatic rings. The number of nitrogens with one attached hydrogen (secondary N) is 1. The molecule has 0 amide bonds. The Balaban J connectivity index is 1.47. The highest BCUT2D eigenvalue weighted by molar-refractivity contribution is 5.16. The third kappa shape index (κ3) is 3.14. The molecule has 1 N–H and O–H groups in total. The van der Waals surface area contributed by atoms with Crippen molar-refractivity contribution < 1.29 is 13.9 Å². The van der Waals surface area contributed by atoms with Crippen LogP contribution in [0.15, 0.2) is 24.3 Å². The molecule has 0 radical (unpaired) electrons. The molecule has 19 heavy (non-hydrogen) atoms. The van der Waals surface area contributed by atoms with E-state index >= 15 is 0 Å². The van der Waals surface area contributed by atoms with Crippen LogP contribution < -0.4 is 5.32 Å². The second-order valence-electron chi connectivity index (χ2n) is 5.39. The summed E-state index contributed by atoms with van der Waals surface area (Å²) >= 11 is 0. The smallest absolute Gasteiger partial charge is 0.168 e. The third-order valence-corrected chi connectivity index (χ3v) is 4.04. The van der Waals surface area contributed by atoms with Crippen molar-refractivity contribution in [3.63, 3.8) is 0 Å². The minimum atomic E-state index is -0.295. The van der Waals surface area contributed by atoms with Gasteiger partial charge in [0.05, 0.1) is 13.2 Å². The van der Waals surface area contributed by atoms with Crippen LogP contribution in [-0.4, -0.2) is 25.0 Å². The highest BCUT2D eigenvalue weighted by atomic mass is 19.1. The van der Waals surface area contributed by atoms with Crippen LogP contribution in [0.2, 0.25) is 0 Å². The standard InChI is InChI=1S/C15H20FNO2/c16-13-3-1-2-12(10-13)11-17-14-4-6-15(7-5-14)18-8-9-19-15/h1-3,10,14,17H,4-9,11H2. The zero-order chi connectivity index (χ0) is 13.1. The summed E-state index contributed by atoms with van der Waals surface area (Å²) in [6.07, 6.45) is 4.01. The van der Waals surface area contributed by atoms with Crippen LogP contribution in [0.4, 0.5) is 4.39 Å². The van der Waals surface area contributed by atoms with E-state index in [1.54, 1.807) is 12.1 Å². The average molecular weight is 265 g/mol.